The number of halogens is 1. The van der Waals surface area contributed by atoms with Gasteiger partial charge in [0.15, 0.2) is 0 Å². The molecule has 1 aliphatic rings. The van der Waals surface area contributed by atoms with Crippen LogP contribution in [0.15, 0.2) is 97.3 Å². The summed E-state index contributed by atoms with van der Waals surface area (Å²) in [6.45, 7) is 1.79. The number of aromatic nitrogens is 1. The van der Waals surface area contributed by atoms with E-state index >= 15 is 0 Å². The van der Waals surface area contributed by atoms with Crippen LogP contribution in [0, 0.1) is 5.82 Å². The van der Waals surface area contributed by atoms with Gasteiger partial charge in [-0.3, -0.25) is 14.6 Å². The minimum Gasteiger partial charge on any atom is -0.489 e. The number of hydrogen-bond donors (Lipinski definition) is 0. The van der Waals surface area contributed by atoms with Crippen LogP contribution >= 0.6 is 0 Å². The number of benzene rings is 3. The van der Waals surface area contributed by atoms with E-state index in [-0.39, 0.29) is 17.6 Å². The van der Waals surface area contributed by atoms with E-state index in [1.54, 1.807) is 46.5 Å². The number of carbonyl (C=O) groups excluding carboxylic acids is 2. The summed E-state index contributed by atoms with van der Waals surface area (Å²) in [5.74, 6) is 0.369. The highest BCUT2D eigenvalue weighted by Gasteiger charge is 2.23. The van der Waals surface area contributed by atoms with Crippen molar-refractivity contribution in [2.45, 2.75) is 32.5 Å². The van der Waals surface area contributed by atoms with Gasteiger partial charge in [-0.15, -0.1) is 0 Å². The lowest BCUT2D eigenvalue weighted by Crippen LogP contribution is -2.30. The molecule has 0 N–H and O–H groups in total. The Labute approximate surface area is 221 Å². The molecule has 3 aromatic carbocycles. The number of anilines is 1. The fraction of sp³-hybridized carbons (Fsp3) is 0.194. The quantitative estimate of drug-likeness (QED) is 0.287. The molecule has 1 fully saturated rings. The molecule has 6 nitrogen and oxygen atoms in total. The molecule has 4 aromatic rings. The summed E-state index contributed by atoms with van der Waals surface area (Å²) < 4.78 is 19.0. The van der Waals surface area contributed by atoms with Crippen LogP contribution in [0.25, 0.3) is 0 Å². The second-order valence-corrected chi connectivity index (χ2v) is 9.28. The number of nitrogens with zero attached hydrogens (tertiary/aromatic N) is 3. The van der Waals surface area contributed by atoms with E-state index in [2.05, 4.69) is 4.98 Å². The third-order valence-electron chi connectivity index (χ3n) is 6.48. The fourth-order valence-corrected chi connectivity index (χ4v) is 4.48. The van der Waals surface area contributed by atoms with E-state index in [9.17, 15) is 14.0 Å². The second kappa shape index (κ2) is 11.7. The summed E-state index contributed by atoms with van der Waals surface area (Å²) in [5, 5.41) is 0. The van der Waals surface area contributed by atoms with Crippen LogP contribution in [0.5, 0.6) is 5.75 Å². The van der Waals surface area contributed by atoms with Crippen LogP contribution in [0.4, 0.5) is 10.1 Å². The first-order chi connectivity index (χ1) is 18.5. The SMILES string of the molecule is O=C(c1cccc(N2CCCC2=O)c1)N(Cc1ccc(OCc2ccc(F)cc2)cc1)Cc1cccnc1. The zero-order valence-corrected chi connectivity index (χ0v) is 20.9. The van der Waals surface area contributed by atoms with Gasteiger partial charge in [-0.25, -0.2) is 4.39 Å². The van der Waals surface area contributed by atoms with E-state index in [4.69, 9.17) is 4.74 Å². The van der Waals surface area contributed by atoms with Crippen LogP contribution in [-0.4, -0.2) is 28.2 Å². The van der Waals surface area contributed by atoms with Gasteiger partial charge < -0.3 is 14.5 Å². The van der Waals surface area contributed by atoms with Crippen molar-refractivity contribution in [3.05, 3.63) is 125 Å². The molecule has 38 heavy (non-hydrogen) atoms. The molecule has 0 aliphatic carbocycles. The summed E-state index contributed by atoms with van der Waals surface area (Å²) in [7, 11) is 0. The zero-order valence-electron chi connectivity index (χ0n) is 20.9. The molecule has 192 valence electrons. The predicted octanol–water partition coefficient (Wildman–Crippen LogP) is 5.77. The first kappa shape index (κ1) is 25.1. The van der Waals surface area contributed by atoms with Crippen LogP contribution in [0.2, 0.25) is 0 Å². The fourth-order valence-electron chi connectivity index (χ4n) is 4.48. The van der Waals surface area contributed by atoms with Gasteiger partial charge in [-0.2, -0.15) is 0 Å². The Morgan fingerprint density at radius 3 is 2.39 bits per heavy atom. The maximum Gasteiger partial charge on any atom is 0.254 e. The molecule has 5 rings (SSSR count). The van der Waals surface area contributed by atoms with Gasteiger partial charge in [-0.1, -0.05) is 36.4 Å². The molecule has 0 bridgehead atoms. The Balaban J connectivity index is 1.31. The molecule has 2 amide bonds. The molecule has 0 unspecified atom stereocenters. The van der Waals surface area contributed by atoms with Crippen LogP contribution < -0.4 is 9.64 Å². The van der Waals surface area contributed by atoms with Crippen molar-refractivity contribution in [1.82, 2.24) is 9.88 Å². The van der Waals surface area contributed by atoms with Crippen molar-refractivity contribution in [2.24, 2.45) is 0 Å². The normalized spacial score (nSPS) is 13.0. The highest BCUT2D eigenvalue weighted by molar-refractivity contribution is 5.99. The molecule has 1 saturated heterocycles. The second-order valence-electron chi connectivity index (χ2n) is 9.28. The van der Waals surface area contributed by atoms with E-state index in [1.165, 1.54) is 12.1 Å². The molecule has 0 radical (unpaired) electrons. The monoisotopic (exact) mass is 509 g/mol. The Morgan fingerprint density at radius 1 is 0.921 bits per heavy atom. The van der Waals surface area contributed by atoms with E-state index in [0.29, 0.717) is 44.0 Å². The lowest BCUT2D eigenvalue weighted by atomic mass is 10.1. The van der Waals surface area contributed by atoms with Gasteiger partial charge in [0.05, 0.1) is 0 Å². The Kier molecular flexibility index (Phi) is 7.73. The average Bonchev–Trinajstić information content (AvgIpc) is 3.39. The van der Waals surface area contributed by atoms with Crippen LogP contribution in [0.3, 0.4) is 0 Å². The van der Waals surface area contributed by atoms with Gasteiger partial charge in [0, 0.05) is 49.7 Å². The highest BCUT2D eigenvalue weighted by atomic mass is 19.1. The van der Waals surface area contributed by atoms with Gasteiger partial charge >= 0.3 is 0 Å². The highest BCUT2D eigenvalue weighted by Crippen LogP contribution is 2.24. The number of hydrogen-bond acceptors (Lipinski definition) is 4. The molecule has 2 heterocycles. The number of rotatable bonds is 9. The third-order valence-corrected chi connectivity index (χ3v) is 6.48. The van der Waals surface area contributed by atoms with Crippen LogP contribution in [0.1, 0.15) is 39.9 Å². The van der Waals surface area contributed by atoms with Crippen molar-refractivity contribution < 1.29 is 18.7 Å². The van der Waals surface area contributed by atoms with Crippen molar-refractivity contribution in [3.8, 4) is 5.75 Å². The predicted molar refractivity (Wildman–Crippen MR) is 143 cm³/mol. The largest absolute Gasteiger partial charge is 0.489 e. The van der Waals surface area contributed by atoms with E-state index < -0.39 is 0 Å². The van der Waals surface area contributed by atoms with Gasteiger partial charge in [0.2, 0.25) is 5.91 Å². The lowest BCUT2D eigenvalue weighted by Gasteiger charge is -2.24. The molecule has 7 heteroatoms. The topological polar surface area (TPSA) is 62.7 Å². The minimum absolute atomic E-state index is 0.0866. The van der Waals surface area contributed by atoms with Gasteiger partial charge in [-0.05, 0) is 71.6 Å². The van der Waals surface area contributed by atoms with Crippen molar-refractivity contribution in [3.63, 3.8) is 0 Å². The Morgan fingerprint density at radius 2 is 1.68 bits per heavy atom. The smallest absolute Gasteiger partial charge is 0.254 e. The number of pyridine rings is 1. The zero-order chi connectivity index (χ0) is 26.3. The molecular formula is C31H28FN3O3. The first-order valence-electron chi connectivity index (χ1n) is 12.6. The summed E-state index contributed by atoms with van der Waals surface area (Å²) in [5.41, 5.74) is 4.03. The van der Waals surface area contributed by atoms with Crippen molar-refractivity contribution >= 4 is 17.5 Å². The van der Waals surface area contributed by atoms with E-state index in [1.807, 2.05) is 48.5 Å². The standard InChI is InChI=1S/C31H28FN3O3/c32-27-12-8-24(9-13-27)22-38-29-14-10-23(11-15-29)20-34(21-25-4-2-16-33-19-25)31(37)26-5-1-6-28(18-26)35-17-3-7-30(35)36/h1-2,4-6,8-16,18-19H,3,7,17,20-22H2. The van der Waals surface area contributed by atoms with E-state index in [0.717, 1.165) is 28.8 Å². The van der Waals surface area contributed by atoms with Crippen molar-refractivity contribution in [1.29, 1.82) is 0 Å². The first-order valence-corrected chi connectivity index (χ1v) is 12.6. The molecule has 1 aromatic heterocycles. The lowest BCUT2D eigenvalue weighted by molar-refractivity contribution is -0.117. The number of ether oxygens (including phenoxy) is 1. The summed E-state index contributed by atoms with van der Waals surface area (Å²) in [4.78, 5) is 33.7. The van der Waals surface area contributed by atoms with Crippen LogP contribution in [-0.2, 0) is 24.5 Å². The van der Waals surface area contributed by atoms with Gasteiger partial charge in [0.25, 0.3) is 5.91 Å². The Bertz CT molecular complexity index is 1390. The maximum absolute atomic E-state index is 13.7. The summed E-state index contributed by atoms with van der Waals surface area (Å²) >= 11 is 0. The summed E-state index contributed by atoms with van der Waals surface area (Å²) in [6, 6.07) is 24.9. The average molecular weight is 510 g/mol. The number of carbonyl (C=O) groups is 2. The Hall–Kier alpha value is -4.52. The number of amides is 2. The molecular weight excluding hydrogens is 481 g/mol. The molecule has 1 aliphatic heterocycles. The van der Waals surface area contributed by atoms with Crippen molar-refractivity contribution in [2.75, 3.05) is 11.4 Å². The summed E-state index contributed by atoms with van der Waals surface area (Å²) in [6.07, 6.45) is 4.82. The molecule has 0 atom stereocenters. The third kappa shape index (κ3) is 6.24. The molecule has 0 spiro atoms. The maximum atomic E-state index is 13.7. The minimum atomic E-state index is -0.278. The molecule has 0 saturated carbocycles. The van der Waals surface area contributed by atoms with Gasteiger partial charge in [0.1, 0.15) is 18.2 Å².